The molecular formula is C12H12O5. The average Bonchev–Trinajstić information content (AvgIpc) is 2.77. The van der Waals surface area contributed by atoms with Gasteiger partial charge in [-0.3, -0.25) is 4.79 Å². The summed E-state index contributed by atoms with van der Waals surface area (Å²) in [5.41, 5.74) is 0.544. The zero-order chi connectivity index (χ0) is 12.3. The topological polar surface area (TPSA) is 61.8 Å². The van der Waals surface area contributed by atoms with E-state index in [0.29, 0.717) is 23.3 Å². The summed E-state index contributed by atoms with van der Waals surface area (Å²) in [6, 6.07) is 4.95. The Morgan fingerprint density at radius 2 is 2.24 bits per heavy atom. The summed E-state index contributed by atoms with van der Waals surface area (Å²) in [5, 5.41) is 0. The van der Waals surface area contributed by atoms with Crippen LogP contribution >= 0.6 is 0 Å². The molecule has 0 bridgehead atoms. The summed E-state index contributed by atoms with van der Waals surface area (Å²) in [6.07, 6.45) is 0.565. The summed E-state index contributed by atoms with van der Waals surface area (Å²) in [6.45, 7) is 2.09. The van der Waals surface area contributed by atoms with E-state index in [4.69, 9.17) is 14.2 Å². The van der Waals surface area contributed by atoms with E-state index in [0.717, 1.165) is 0 Å². The SMILES string of the molecule is CCOC(=O)C(C=O)c1ccc2c(c1)OCO2. The van der Waals surface area contributed by atoms with Gasteiger partial charge in [0.05, 0.1) is 6.61 Å². The predicted octanol–water partition coefficient (Wildman–Crippen LogP) is 1.26. The Hall–Kier alpha value is -2.04. The van der Waals surface area contributed by atoms with Gasteiger partial charge in [0.2, 0.25) is 6.79 Å². The van der Waals surface area contributed by atoms with Gasteiger partial charge in [-0.2, -0.15) is 0 Å². The van der Waals surface area contributed by atoms with Gasteiger partial charge in [0.25, 0.3) is 0 Å². The molecule has 0 saturated heterocycles. The fraction of sp³-hybridized carbons (Fsp3) is 0.333. The van der Waals surface area contributed by atoms with E-state index < -0.39 is 11.9 Å². The minimum absolute atomic E-state index is 0.157. The van der Waals surface area contributed by atoms with E-state index in [9.17, 15) is 9.59 Å². The van der Waals surface area contributed by atoms with Crippen molar-refractivity contribution in [2.45, 2.75) is 12.8 Å². The third-order valence-electron chi connectivity index (χ3n) is 2.43. The Kier molecular flexibility index (Phi) is 3.27. The third kappa shape index (κ3) is 2.22. The van der Waals surface area contributed by atoms with Crippen LogP contribution in [-0.4, -0.2) is 25.7 Å². The van der Waals surface area contributed by atoms with Crippen molar-refractivity contribution in [1.82, 2.24) is 0 Å². The predicted molar refractivity (Wildman–Crippen MR) is 58.0 cm³/mol. The van der Waals surface area contributed by atoms with Crippen LogP contribution < -0.4 is 9.47 Å². The van der Waals surface area contributed by atoms with Crippen LogP contribution in [0.3, 0.4) is 0 Å². The maximum absolute atomic E-state index is 11.5. The lowest BCUT2D eigenvalue weighted by atomic mass is 10.0. The highest BCUT2D eigenvalue weighted by molar-refractivity contribution is 5.94. The zero-order valence-corrected chi connectivity index (χ0v) is 9.34. The number of benzene rings is 1. The molecule has 0 fully saturated rings. The lowest BCUT2D eigenvalue weighted by molar-refractivity contribution is -0.146. The number of esters is 1. The van der Waals surface area contributed by atoms with Crippen molar-refractivity contribution in [3.63, 3.8) is 0 Å². The standard InChI is InChI=1S/C12H12O5/c1-2-15-12(14)9(6-13)8-3-4-10-11(5-8)17-7-16-10/h3-6,9H,2,7H2,1H3. The van der Waals surface area contributed by atoms with Crippen molar-refractivity contribution in [1.29, 1.82) is 0 Å². The first-order valence-electron chi connectivity index (χ1n) is 5.27. The quantitative estimate of drug-likeness (QED) is 0.447. The number of rotatable bonds is 4. The van der Waals surface area contributed by atoms with E-state index in [1.807, 2.05) is 0 Å². The lowest BCUT2D eigenvalue weighted by Gasteiger charge is -2.10. The van der Waals surface area contributed by atoms with Crippen molar-refractivity contribution in [3.05, 3.63) is 23.8 Å². The van der Waals surface area contributed by atoms with Crippen molar-refractivity contribution in [2.75, 3.05) is 13.4 Å². The number of fused-ring (bicyclic) bond motifs is 1. The Morgan fingerprint density at radius 1 is 1.47 bits per heavy atom. The molecule has 0 N–H and O–H groups in total. The monoisotopic (exact) mass is 236 g/mol. The molecule has 0 aliphatic carbocycles. The number of ether oxygens (including phenoxy) is 3. The molecule has 0 saturated carbocycles. The molecule has 1 aliphatic heterocycles. The van der Waals surface area contributed by atoms with Gasteiger partial charge in [-0.1, -0.05) is 6.07 Å². The normalized spacial score (nSPS) is 14.2. The zero-order valence-electron chi connectivity index (χ0n) is 9.34. The van der Waals surface area contributed by atoms with Crippen molar-refractivity contribution >= 4 is 12.3 Å². The summed E-state index contributed by atoms with van der Waals surface area (Å²) < 4.78 is 15.2. The number of carbonyl (C=O) groups is 2. The Labute approximate surface area is 98.3 Å². The van der Waals surface area contributed by atoms with E-state index in [1.165, 1.54) is 0 Å². The summed E-state index contributed by atoms with van der Waals surface area (Å²) in [7, 11) is 0. The third-order valence-corrected chi connectivity index (χ3v) is 2.43. The molecule has 90 valence electrons. The van der Waals surface area contributed by atoms with E-state index in [1.54, 1.807) is 25.1 Å². The van der Waals surface area contributed by atoms with Gasteiger partial charge in [-0.05, 0) is 24.6 Å². The van der Waals surface area contributed by atoms with Gasteiger partial charge < -0.3 is 19.0 Å². The highest BCUT2D eigenvalue weighted by Crippen LogP contribution is 2.34. The molecule has 1 atom stereocenters. The second-order valence-corrected chi connectivity index (χ2v) is 3.48. The summed E-state index contributed by atoms with van der Waals surface area (Å²) >= 11 is 0. The minimum Gasteiger partial charge on any atom is -0.465 e. The number of carbonyl (C=O) groups excluding carboxylic acids is 2. The molecule has 0 spiro atoms. The average molecular weight is 236 g/mol. The largest absolute Gasteiger partial charge is 0.465 e. The summed E-state index contributed by atoms with van der Waals surface area (Å²) in [4.78, 5) is 22.5. The Balaban J connectivity index is 2.25. The molecule has 17 heavy (non-hydrogen) atoms. The van der Waals surface area contributed by atoms with Gasteiger partial charge in [-0.15, -0.1) is 0 Å². The maximum atomic E-state index is 11.5. The molecule has 1 aliphatic rings. The van der Waals surface area contributed by atoms with Crippen LogP contribution in [0.15, 0.2) is 18.2 Å². The first-order chi connectivity index (χ1) is 8.26. The van der Waals surface area contributed by atoms with Crippen LogP contribution in [0, 0.1) is 0 Å². The van der Waals surface area contributed by atoms with Crippen molar-refractivity contribution in [3.8, 4) is 11.5 Å². The minimum atomic E-state index is -0.913. The van der Waals surface area contributed by atoms with Crippen LogP contribution in [0.25, 0.3) is 0 Å². The van der Waals surface area contributed by atoms with Crippen LogP contribution in [0.5, 0.6) is 11.5 Å². The second kappa shape index (κ2) is 4.86. The smallest absolute Gasteiger partial charge is 0.320 e. The molecule has 5 heteroatoms. The molecule has 1 unspecified atom stereocenters. The Bertz CT molecular complexity index is 441. The maximum Gasteiger partial charge on any atom is 0.320 e. The van der Waals surface area contributed by atoms with Crippen LogP contribution in [-0.2, 0) is 14.3 Å². The number of hydrogen-bond acceptors (Lipinski definition) is 5. The molecule has 0 amide bonds. The van der Waals surface area contributed by atoms with Gasteiger partial charge in [0, 0.05) is 0 Å². The second-order valence-electron chi connectivity index (χ2n) is 3.48. The first kappa shape index (κ1) is 11.4. The van der Waals surface area contributed by atoms with Gasteiger partial charge in [-0.25, -0.2) is 0 Å². The molecule has 2 rings (SSSR count). The molecule has 1 heterocycles. The summed E-state index contributed by atoms with van der Waals surface area (Å²) in [5.74, 6) is -0.313. The van der Waals surface area contributed by atoms with E-state index >= 15 is 0 Å². The molecule has 0 aromatic heterocycles. The fourth-order valence-electron chi connectivity index (χ4n) is 1.61. The number of hydrogen-bond donors (Lipinski definition) is 0. The fourth-order valence-corrected chi connectivity index (χ4v) is 1.61. The first-order valence-corrected chi connectivity index (χ1v) is 5.27. The molecule has 0 radical (unpaired) electrons. The molecular weight excluding hydrogens is 224 g/mol. The van der Waals surface area contributed by atoms with E-state index in [2.05, 4.69) is 0 Å². The van der Waals surface area contributed by atoms with E-state index in [-0.39, 0.29) is 13.4 Å². The van der Waals surface area contributed by atoms with Crippen LogP contribution in [0.4, 0.5) is 0 Å². The van der Waals surface area contributed by atoms with Gasteiger partial charge in [0.1, 0.15) is 12.2 Å². The molecule has 1 aromatic rings. The van der Waals surface area contributed by atoms with Gasteiger partial charge in [0.15, 0.2) is 11.5 Å². The Morgan fingerprint density at radius 3 is 2.94 bits per heavy atom. The van der Waals surface area contributed by atoms with Crippen molar-refractivity contribution < 1.29 is 23.8 Å². The van der Waals surface area contributed by atoms with Gasteiger partial charge >= 0.3 is 5.97 Å². The molecule has 5 nitrogen and oxygen atoms in total. The lowest BCUT2D eigenvalue weighted by Crippen LogP contribution is -2.17. The van der Waals surface area contributed by atoms with Crippen molar-refractivity contribution in [2.24, 2.45) is 0 Å². The highest BCUT2D eigenvalue weighted by atomic mass is 16.7. The van der Waals surface area contributed by atoms with Crippen LogP contribution in [0.1, 0.15) is 18.4 Å². The number of aldehydes is 1. The van der Waals surface area contributed by atoms with Crippen LogP contribution in [0.2, 0.25) is 0 Å². The highest BCUT2D eigenvalue weighted by Gasteiger charge is 2.24. The molecule has 1 aromatic carbocycles.